The topological polar surface area (TPSA) is 24.7 Å². The average Bonchev–Trinajstić information content (AvgIpc) is 2.45. The molecule has 0 unspecified atom stereocenters. The van der Waals surface area contributed by atoms with Crippen LogP contribution in [0.1, 0.15) is 25.3 Å². The number of hydrogen-bond acceptors (Lipinski definition) is 2. The second-order valence-corrected chi connectivity index (χ2v) is 4.27. The van der Waals surface area contributed by atoms with Gasteiger partial charge < -0.3 is 0 Å². The Morgan fingerprint density at radius 1 is 0.833 bits per heavy atom. The summed E-state index contributed by atoms with van der Waals surface area (Å²) in [6, 6.07) is 18.1. The quantitative estimate of drug-likeness (QED) is 0.619. The van der Waals surface area contributed by atoms with E-state index in [1.54, 1.807) is 0 Å². The molecule has 0 saturated carbocycles. The van der Waals surface area contributed by atoms with Gasteiger partial charge in [-0.15, -0.1) is 0 Å². The third-order valence-corrected chi connectivity index (χ3v) is 2.82. The molecule has 0 aliphatic heterocycles. The Kier molecular flexibility index (Phi) is 4.65. The lowest BCUT2D eigenvalue weighted by molar-refractivity contribution is 0.794. The highest BCUT2D eigenvalue weighted by atomic mass is 15.1. The minimum atomic E-state index is 0.891. The van der Waals surface area contributed by atoms with Crippen molar-refractivity contribution in [1.82, 2.24) is 0 Å². The molecule has 2 aromatic rings. The van der Waals surface area contributed by atoms with Gasteiger partial charge in [0.25, 0.3) is 0 Å². The lowest BCUT2D eigenvalue weighted by Crippen LogP contribution is -1.84. The van der Waals surface area contributed by atoms with Crippen LogP contribution in [0.5, 0.6) is 0 Å². The van der Waals surface area contributed by atoms with E-state index >= 15 is 0 Å². The molecule has 2 nitrogen and oxygen atoms in total. The first-order valence-corrected chi connectivity index (χ1v) is 6.45. The maximum atomic E-state index is 4.35. The fourth-order valence-electron chi connectivity index (χ4n) is 1.79. The highest BCUT2D eigenvalue weighted by Gasteiger charge is 1.99. The number of hydrogen-bond donors (Lipinski definition) is 0. The third-order valence-electron chi connectivity index (χ3n) is 2.82. The SMILES string of the molecule is CCCCc1ccccc1N=Nc1ccccc1. The van der Waals surface area contributed by atoms with E-state index in [1.165, 1.54) is 18.4 Å². The van der Waals surface area contributed by atoms with Crippen molar-refractivity contribution >= 4 is 11.4 Å². The maximum Gasteiger partial charge on any atom is 0.0889 e. The summed E-state index contributed by atoms with van der Waals surface area (Å²) < 4.78 is 0. The van der Waals surface area contributed by atoms with E-state index in [2.05, 4.69) is 29.3 Å². The van der Waals surface area contributed by atoms with Gasteiger partial charge in [-0.1, -0.05) is 49.7 Å². The summed E-state index contributed by atoms with van der Waals surface area (Å²) in [4.78, 5) is 0. The van der Waals surface area contributed by atoms with Crippen molar-refractivity contribution in [2.24, 2.45) is 10.2 Å². The summed E-state index contributed by atoms with van der Waals surface area (Å²) in [7, 11) is 0. The van der Waals surface area contributed by atoms with Crippen LogP contribution >= 0.6 is 0 Å². The van der Waals surface area contributed by atoms with Gasteiger partial charge in [0.1, 0.15) is 0 Å². The van der Waals surface area contributed by atoms with Gasteiger partial charge in [-0.05, 0) is 36.6 Å². The summed E-state index contributed by atoms with van der Waals surface area (Å²) >= 11 is 0. The Labute approximate surface area is 108 Å². The van der Waals surface area contributed by atoms with Gasteiger partial charge in [0.05, 0.1) is 11.4 Å². The molecule has 2 rings (SSSR count). The number of nitrogens with zero attached hydrogens (tertiary/aromatic N) is 2. The molecule has 0 aliphatic carbocycles. The van der Waals surface area contributed by atoms with Crippen LogP contribution in [0.2, 0.25) is 0 Å². The van der Waals surface area contributed by atoms with Gasteiger partial charge in [0, 0.05) is 0 Å². The molecule has 0 radical (unpaired) electrons. The van der Waals surface area contributed by atoms with E-state index in [-0.39, 0.29) is 0 Å². The summed E-state index contributed by atoms with van der Waals surface area (Å²) in [6.45, 7) is 2.20. The molecule has 0 fully saturated rings. The minimum absolute atomic E-state index is 0.891. The molecular formula is C16H18N2. The van der Waals surface area contributed by atoms with Crippen molar-refractivity contribution in [3.8, 4) is 0 Å². The predicted molar refractivity (Wildman–Crippen MR) is 75.7 cm³/mol. The van der Waals surface area contributed by atoms with Crippen LogP contribution in [0.25, 0.3) is 0 Å². The average molecular weight is 238 g/mol. The van der Waals surface area contributed by atoms with Crippen molar-refractivity contribution in [2.45, 2.75) is 26.2 Å². The van der Waals surface area contributed by atoms with E-state index in [9.17, 15) is 0 Å². The molecule has 2 heteroatoms. The van der Waals surface area contributed by atoms with Crippen LogP contribution in [0.15, 0.2) is 64.8 Å². The third kappa shape index (κ3) is 3.52. The van der Waals surface area contributed by atoms with E-state index in [1.807, 2.05) is 42.5 Å². The van der Waals surface area contributed by atoms with Crippen LogP contribution in [0.3, 0.4) is 0 Å². The van der Waals surface area contributed by atoms with Gasteiger partial charge in [0.15, 0.2) is 0 Å². The largest absolute Gasteiger partial charge is 0.151 e. The number of rotatable bonds is 5. The second kappa shape index (κ2) is 6.70. The molecule has 18 heavy (non-hydrogen) atoms. The minimum Gasteiger partial charge on any atom is -0.151 e. The molecule has 0 saturated heterocycles. The van der Waals surface area contributed by atoms with Crippen molar-refractivity contribution in [3.05, 3.63) is 60.2 Å². The summed E-state index contributed by atoms with van der Waals surface area (Å²) in [6.07, 6.45) is 3.46. The van der Waals surface area contributed by atoms with Crippen molar-refractivity contribution < 1.29 is 0 Å². The van der Waals surface area contributed by atoms with E-state index in [0.29, 0.717) is 0 Å². The lowest BCUT2D eigenvalue weighted by atomic mass is 10.1. The molecule has 0 amide bonds. The van der Waals surface area contributed by atoms with Crippen LogP contribution in [0, 0.1) is 0 Å². The Balaban J connectivity index is 2.15. The van der Waals surface area contributed by atoms with Gasteiger partial charge in [-0.25, -0.2) is 0 Å². The van der Waals surface area contributed by atoms with Crippen LogP contribution in [-0.2, 0) is 6.42 Å². The van der Waals surface area contributed by atoms with Crippen LogP contribution in [0.4, 0.5) is 11.4 Å². The smallest absolute Gasteiger partial charge is 0.0889 e. The zero-order chi connectivity index (χ0) is 12.6. The highest BCUT2D eigenvalue weighted by molar-refractivity contribution is 5.46. The van der Waals surface area contributed by atoms with Crippen LogP contribution in [-0.4, -0.2) is 0 Å². The molecule has 0 spiro atoms. The molecule has 0 bridgehead atoms. The molecule has 0 N–H and O–H groups in total. The van der Waals surface area contributed by atoms with Crippen LogP contribution < -0.4 is 0 Å². The fraction of sp³-hybridized carbons (Fsp3) is 0.250. The second-order valence-electron chi connectivity index (χ2n) is 4.27. The Morgan fingerprint density at radius 3 is 2.33 bits per heavy atom. The molecule has 2 aromatic carbocycles. The molecule has 0 atom stereocenters. The van der Waals surface area contributed by atoms with Crippen molar-refractivity contribution in [1.29, 1.82) is 0 Å². The summed E-state index contributed by atoms with van der Waals surface area (Å²) in [5.74, 6) is 0. The van der Waals surface area contributed by atoms with Gasteiger partial charge in [-0.3, -0.25) is 0 Å². The summed E-state index contributed by atoms with van der Waals surface area (Å²) in [5.41, 5.74) is 3.15. The number of unbranched alkanes of at least 4 members (excludes halogenated alkanes) is 1. The first-order chi connectivity index (χ1) is 8.90. The lowest BCUT2D eigenvalue weighted by Gasteiger charge is -2.03. The van der Waals surface area contributed by atoms with Gasteiger partial charge in [-0.2, -0.15) is 10.2 Å². The zero-order valence-corrected chi connectivity index (χ0v) is 10.7. The number of aryl methyl sites for hydroxylation is 1. The first kappa shape index (κ1) is 12.5. The molecule has 0 aromatic heterocycles. The van der Waals surface area contributed by atoms with Crippen molar-refractivity contribution in [3.63, 3.8) is 0 Å². The molecule has 0 heterocycles. The van der Waals surface area contributed by atoms with Crippen molar-refractivity contribution in [2.75, 3.05) is 0 Å². The standard InChI is InChI=1S/C16H18N2/c1-2-3-9-14-10-7-8-13-16(14)18-17-15-11-5-4-6-12-15/h4-8,10-13H,2-3,9H2,1H3. The van der Waals surface area contributed by atoms with Gasteiger partial charge in [0.2, 0.25) is 0 Å². The Hall–Kier alpha value is -1.96. The number of azo groups is 1. The molecule has 92 valence electrons. The highest BCUT2D eigenvalue weighted by Crippen LogP contribution is 2.23. The summed E-state index contributed by atoms with van der Waals surface area (Å²) in [5, 5.41) is 8.62. The predicted octanol–water partition coefficient (Wildman–Crippen LogP) is 5.44. The fourth-order valence-corrected chi connectivity index (χ4v) is 1.79. The number of benzene rings is 2. The normalized spacial score (nSPS) is 10.9. The first-order valence-electron chi connectivity index (χ1n) is 6.45. The monoisotopic (exact) mass is 238 g/mol. The zero-order valence-electron chi connectivity index (χ0n) is 10.7. The Morgan fingerprint density at radius 2 is 1.56 bits per heavy atom. The van der Waals surface area contributed by atoms with E-state index in [4.69, 9.17) is 0 Å². The van der Waals surface area contributed by atoms with E-state index < -0.39 is 0 Å². The van der Waals surface area contributed by atoms with E-state index in [0.717, 1.165) is 17.8 Å². The Bertz CT molecular complexity index is 504. The maximum absolute atomic E-state index is 4.35. The molecular weight excluding hydrogens is 220 g/mol. The molecule has 0 aliphatic rings. The van der Waals surface area contributed by atoms with Gasteiger partial charge >= 0.3 is 0 Å².